The van der Waals surface area contributed by atoms with Gasteiger partial charge in [0.05, 0.1) is 18.3 Å². The zero-order chi connectivity index (χ0) is 22.1. The van der Waals surface area contributed by atoms with Crippen molar-refractivity contribution in [1.82, 2.24) is 5.43 Å². The number of hydrogen-bond acceptors (Lipinski definition) is 5. The van der Waals surface area contributed by atoms with Gasteiger partial charge in [-0.2, -0.15) is 5.10 Å². The maximum atomic E-state index is 11.9. The van der Waals surface area contributed by atoms with Crippen LogP contribution in [0.5, 0.6) is 17.2 Å². The molecule has 0 saturated heterocycles. The standard InChI is InChI=1S/C23H20Cl2N2O4/c1-29-22-11-17(7-9-21(22)30-14-16-5-3-2-4-6-16)13-26-27-23(28)15-31-20-10-8-18(24)12-19(20)25/h2-13H,14-15H2,1H3,(H,27,28). The largest absolute Gasteiger partial charge is 0.493 e. The Balaban J connectivity index is 1.52. The number of carbonyl (C=O) groups excluding carboxylic acids is 1. The van der Waals surface area contributed by atoms with Gasteiger partial charge in [-0.25, -0.2) is 5.43 Å². The van der Waals surface area contributed by atoms with Gasteiger partial charge in [-0.1, -0.05) is 53.5 Å². The van der Waals surface area contributed by atoms with E-state index >= 15 is 0 Å². The number of hydrogen-bond donors (Lipinski definition) is 1. The third-order valence-corrected chi connectivity index (χ3v) is 4.61. The molecule has 0 aliphatic heterocycles. The summed E-state index contributed by atoms with van der Waals surface area (Å²) < 4.78 is 16.6. The van der Waals surface area contributed by atoms with Crippen LogP contribution in [0.4, 0.5) is 0 Å². The van der Waals surface area contributed by atoms with E-state index in [9.17, 15) is 4.79 Å². The predicted molar refractivity (Wildman–Crippen MR) is 121 cm³/mol. The number of nitrogens with one attached hydrogen (secondary N) is 1. The van der Waals surface area contributed by atoms with E-state index in [4.69, 9.17) is 37.4 Å². The quantitative estimate of drug-likeness (QED) is 0.357. The fourth-order valence-electron chi connectivity index (χ4n) is 2.57. The van der Waals surface area contributed by atoms with E-state index < -0.39 is 5.91 Å². The van der Waals surface area contributed by atoms with Gasteiger partial charge in [0.15, 0.2) is 18.1 Å². The first-order chi connectivity index (χ1) is 15.0. The van der Waals surface area contributed by atoms with Crippen molar-refractivity contribution in [3.63, 3.8) is 0 Å². The Morgan fingerprint density at radius 1 is 0.968 bits per heavy atom. The van der Waals surface area contributed by atoms with E-state index in [0.717, 1.165) is 11.1 Å². The van der Waals surface area contributed by atoms with Gasteiger partial charge in [-0.05, 0) is 47.5 Å². The lowest BCUT2D eigenvalue weighted by molar-refractivity contribution is -0.123. The maximum Gasteiger partial charge on any atom is 0.277 e. The molecule has 0 fully saturated rings. The molecule has 0 saturated carbocycles. The molecule has 8 heteroatoms. The molecule has 0 unspecified atom stereocenters. The molecule has 31 heavy (non-hydrogen) atoms. The van der Waals surface area contributed by atoms with E-state index in [1.54, 1.807) is 31.4 Å². The molecule has 6 nitrogen and oxygen atoms in total. The molecule has 0 aromatic heterocycles. The summed E-state index contributed by atoms with van der Waals surface area (Å²) in [4.78, 5) is 11.9. The van der Waals surface area contributed by atoms with Crippen molar-refractivity contribution in [3.8, 4) is 17.2 Å². The van der Waals surface area contributed by atoms with Crippen molar-refractivity contribution in [3.05, 3.63) is 87.9 Å². The molecular weight excluding hydrogens is 439 g/mol. The minimum atomic E-state index is -0.433. The van der Waals surface area contributed by atoms with Crippen LogP contribution in [0.15, 0.2) is 71.8 Å². The first-order valence-electron chi connectivity index (χ1n) is 9.29. The number of rotatable bonds is 9. The number of halogens is 2. The van der Waals surface area contributed by atoms with Crippen molar-refractivity contribution in [2.75, 3.05) is 13.7 Å². The van der Waals surface area contributed by atoms with Gasteiger partial charge in [0.25, 0.3) is 5.91 Å². The van der Waals surface area contributed by atoms with E-state index in [2.05, 4.69) is 10.5 Å². The number of methoxy groups -OCH3 is 1. The second-order valence-corrected chi connectivity index (χ2v) is 7.18. The third kappa shape index (κ3) is 6.91. The van der Waals surface area contributed by atoms with Crippen molar-refractivity contribution in [1.29, 1.82) is 0 Å². The van der Waals surface area contributed by atoms with Crippen molar-refractivity contribution in [2.24, 2.45) is 5.10 Å². The molecule has 3 aromatic carbocycles. The fourth-order valence-corrected chi connectivity index (χ4v) is 3.03. The summed E-state index contributed by atoms with van der Waals surface area (Å²) in [6, 6.07) is 20.0. The average Bonchev–Trinajstić information content (AvgIpc) is 2.78. The lowest BCUT2D eigenvalue weighted by Gasteiger charge is -2.11. The Kier molecular flexibility index (Phi) is 8.15. The van der Waals surface area contributed by atoms with Crippen LogP contribution in [-0.2, 0) is 11.4 Å². The van der Waals surface area contributed by atoms with Gasteiger partial charge in [-0.15, -0.1) is 0 Å². The van der Waals surface area contributed by atoms with Gasteiger partial charge in [0, 0.05) is 5.02 Å². The molecule has 0 aliphatic carbocycles. The van der Waals surface area contributed by atoms with Gasteiger partial charge in [-0.3, -0.25) is 4.79 Å². The average molecular weight is 459 g/mol. The minimum absolute atomic E-state index is 0.242. The summed E-state index contributed by atoms with van der Waals surface area (Å²) in [6.45, 7) is 0.187. The molecule has 160 valence electrons. The first kappa shape index (κ1) is 22.5. The Hall–Kier alpha value is -3.22. The molecular formula is C23H20Cl2N2O4. The molecule has 3 rings (SSSR count). The fraction of sp³-hybridized carbons (Fsp3) is 0.130. The lowest BCUT2D eigenvalue weighted by Crippen LogP contribution is -2.24. The first-order valence-corrected chi connectivity index (χ1v) is 10.1. The van der Waals surface area contributed by atoms with Crippen LogP contribution in [0.3, 0.4) is 0 Å². The second-order valence-electron chi connectivity index (χ2n) is 6.34. The number of ether oxygens (including phenoxy) is 3. The molecule has 0 heterocycles. The van der Waals surface area contributed by atoms with Crippen LogP contribution in [0, 0.1) is 0 Å². The number of nitrogens with zero attached hydrogens (tertiary/aromatic N) is 1. The van der Waals surface area contributed by atoms with Crippen LogP contribution in [-0.4, -0.2) is 25.8 Å². The highest BCUT2D eigenvalue weighted by Crippen LogP contribution is 2.29. The van der Waals surface area contributed by atoms with Gasteiger partial charge in [0.2, 0.25) is 0 Å². The molecule has 0 bridgehead atoms. The molecule has 0 spiro atoms. The van der Waals surface area contributed by atoms with Crippen molar-refractivity contribution in [2.45, 2.75) is 6.61 Å². The number of benzene rings is 3. The minimum Gasteiger partial charge on any atom is -0.493 e. The molecule has 3 aromatic rings. The zero-order valence-corrected chi connectivity index (χ0v) is 18.2. The van der Waals surface area contributed by atoms with Crippen LogP contribution in [0.2, 0.25) is 10.0 Å². The van der Waals surface area contributed by atoms with Crippen LogP contribution >= 0.6 is 23.2 Å². The van der Waals surface area contributed by atoms with Crippen LogP contribution < -0.4 is 19.6 Å². The summed E-state index contributed by atoms with van der Waals surface area (Å²) in [5, 5.41) is 4.74. The highest BCUT2D eigenvalue weighted by Gasteiger charge is 2.07. The van der Waals surface area contributed by atoms with E-state index in [1.165, 1.54) is 12.3 Å². The zero-order valence-electron chi connectivity index (χ0n) is 16.7. The van der Waals surface area contributed by atoms with Crippen LogP contribution in [0.1, 0.15) is 11.1 Å². The molecule has 0 radical (unpaired) electrons. The monoisotopic (exact) mass is 458 g/mol. The Labute approximate surface area is 190 Å². The van der Waals surface area contributed by atoms with Crippen LogP contribution in [0.25, 0.3) is 0 Å². The van der Waals surface area contributed by atoms with E-state index in [-0.39, 0.29) is 6.61 Å². The van der Waals surface area contributed by atoms with E-state index in [1.807, 2.05) is 36.4 Å². The van der Waals surface area contributed by atoms with Crippen molar-refractivity contribution >= 4 is 35.3 Å². The SMILES string of the molecule is COc1cc(C=NNC(=O)COc2ccc(Cl)cc2Cl)ccc1OCc1ccccc1. The Morgan fingerprint density at radius 3 is 2.48 bits per heavy atom. The second kappa shape index (κ2) is 11.2. The molecule has 0 atom stereocenters. The van der Waals surface area contributed by atoms with Gasteiger partial charge < -0.3 is 14.2 Å². The lowest BCUT2D eigenvalue weighted by atomic mass is 10.2. The number of hydrazone groups is 1. The number of carbonyl (C=O) groups is 1. The summed E-state index contributed by atoms with van der Waals surface area (Å²) >= 11 is 11.8. The Bertz CT molecular complexity index is 1060. The summed E-state index contributed by atoms with van der Waals surface area (Å²) in [5.41, 5.74) is 4.18. The summed E-state index contributed by atoms with van der Waals surface area (Å²) in [5.74, 6) is 1.10. The smallest absolute Gasteiger partial charge is 0.277 e. The predicted octanol–water partition coefficient (Wildman–Crippen LogP) is 5.11. The maximum absolute atomic E-state index is 11.9. The van der Waals surface area contributed by atoms with Crippen molar-refractivity contribution < 1.29 is 19.0 Å². The molecule has 1 N–H and O–H groups in total. The Morgan fingerprint density at radius 2 is 1.74 bits per heavy atom. The highest BCUT2D eigenvalue weighted by molar-refractivity contribution is 6.35. The summed E-state index contributed by atoms with van der Waals surface area (Å²) in [7, 11) is 1.56. The van der Waals surface area contributed by atoms with Gasteiger partial charge >= 0.3 is 0 Å². The topological polar surface area (TPSA) is 69.2 Å². The van der Waals surface area contributed by atoms with Gasteiger partial charge in [0.1, 0.15) is 12.4 Å². The third-order valence-electron chi connectivity index (χ3n) is 4.08. The normalized spacial score (nSPS) is 10.7. The highest BCUT2D eigenvalue weighted by atomic mass is 35.5. The molecule has 1 amide bonds. The van der Waals surface area contributed by atoms with E-state index in [0.29, 0.717) is 33.9 Å². The molecule has 0 aliphatic rings. The summed E-state index contributed by atoms with van der Waals surface area (Å²) in [6.07, 6.45) is 1.50. The number of amides is 1.